The smallest absolute Gasteiger partial charge is 0.244 e. The first kappa shape index (κ1) is 16.3. The van der Waals surface area contributed by atoms with Gasteiger partial charge in [0.25, 0.3) is 0 Å². The lowest BCUT2D eigenvalue weighted by molar-refractivity contribution is -0.118. The summed E-state index contributed by atoms with van der Waals surface area (Å²) >= 11 is 0. The van der Waals surface area contributed by atoms with Crippen molar-refractivity contribution in [3.05, 3.63) is 53.6 Å². The Balaban J connectivity index is 1.82. The molecule has 0 fully saturated rings. The number of carbonyl (C=O) groups is 1. The van der Waals surface area contributed by atoms with E-state index in [4.69, 9.17) is 10.5 Å². The van der Waals surface area contributed by atoms with Gasteiger partial charge in [0.2, 0.25) is 5.91 Å². The SMILES string of the molecule is NC(=O)C1Nc2ccn3ncc(c3n2)CNCCOc2ccc(F)cc21. The van der Waals surface area contributed by atoms with E-state index >= 15 is 0 Å². The minimum absolute atomic E-state index is 0.326. The van der Waals surface area contributed by atoms with E-state index < -0.39 is 17.8 Å². The molecule has 1 amide bonds. The molecule has 1 aliphatic heterocycles. The van der Waals surface area contributed by atoms with Gasteiger partial charge in [0, 0.05) is 30.4 Å². The van der Waals surface area contributed by atoms with Crippen LogP contribution < -0.4 is 21.1 Å². The number of primary amides is 1. The number of amides is 1. The quantitative estimate of drug-likeness (QED) is 0.600. The van der Waals surface area contributed by atoms with E-state index in [-0.39, 0.29) is 0 Å². The fourth-order valence-electron chi connectivity index (χ4n) is 2.90. The summed E-state index contributed by atoms with van der Waals surface area (Å²) in [6, 6.07) is 4.70. The van der Waals surface area contributed by atoms with Crippen LogP contribution in [0, 0.1) is 5.82 Å². The van der Waals surface area contributed by atoms with Crippen molar-refractivity contribution in [1.29, 1.82) is 0 Å². The molecule has 1 atom stereocenters. The van der Waals surface area contributed by atoms with Gasteiger partial charge in [-0.1, -0.05) is 0 Å². The molecule has 0 aliphatic carbocycles. The normalized spacial score (nSPS) is 17.3. The highest BCUT2D eigenvalue weighted by molar-refractivity contribution is 5.85. The maximum atomic E-state index is 13.8. The summed E-state index contributed by atoms with van der Waals surface area (Å²) in [5.74, 6) is -0.321. The number of hydrogen-bond donors (Lipinski definition) is 3. The van der Waals surface area contributed by atoms with Gasteiger partial charge in [0.1, 0.15) is 30.0 Å². The van der Waals surface area contributed by atoms with E-state index in [0.717, 1.165) is 5.56 Å². The minimum Gasteiger partial charge on any atom is -0.492 e. The topological polar surface area (TPSA) is 107 Å². The number of benzene rings is 1. The Hall–Kier alpha value is -3.20. The van der Waals surface area contributed by atoms with Crippen LogP contribution in [0.3, 0.4) is 0 Å². The van der Waals surface area contributed by atoms with Crippen LogP contribution in [0.2, 0.25) is 0 Å². The van der Waals surface area contributed by atoms with Gasteiger partial charge in [-0.15, -0.1) is 0 Å². The first-order valence-corrected chi connectivity index (χ1v) is 8.14. The summed E-state index contributed by atoms with van der Waals surface area (Å²) in [7, 11) is 0. The molecule has 3 heterocycles. The molecule has 26 heavy (non-hydrogen) atoms. The first-order valence-electron chi connectivity index (χ1n) is 8.14. The van der Waals surface area contributed by atoms with Crippen molar-refractivity contribution < 1.29 is 13.9 Å². The van der Waals surface area contributed by atoms with Crippen LogP contribution >= 0.6 is 0 Å². The van der Waals surface area contributed by atoms with Gasteiger partial charge in [-0.2, -0.15) is 5.10 Å². The van der Waals surface area contributed by atoms with Gasteiger partial charge in [-0.05, 0) is 24.3 Å². The zero-order chi connectivity index (χ0) is 18.1. The van der Waals surface area contributed by atoms with Crippen molar-refractivity contribution in [1.82, 2.24) is 19.9 Å². The summed E-state index contributed by atoms with van der Waals surface area (Å²) in [5.41, 5.74) is 7.46. The van der Waals surface area contributed by atoms with E-state index in [1.807, 2.05) is 0 Å². The Morgan fingerprint density at radius 1 is 1.38 bits per heavy atom. The lowest BCUT2D eigenvalue weighted by Gasteiger charge is -2.20. The number of hydrogen-bond acceptors (Lipinski definition) is 6. The Bertz CT molecular complexity index is 973. The highest BCUT2D eigenvalue weighted by atomic mass is 19.1. The number of rotatable bonds is 1. The van der Waals surface area contributed by atoms with E-state index in [1.165, 1.54) is 18.2 Å². The number of nitrogens with zero attached hydrogens (tertiary/aromatic N) is 3. The Kier molecular flexibility index (Phi) is 4.13. The molecular weight excluding hydrogens is 339 g/mol. The molecule has 1 unspecified atom stereocenters. The Labute approximate surface area is 148 Å². The number of fused-ring (bicyclic) bond motifs is 2. The molecule has 3 aromatic rings. The standard InChI is InChI=1S/C17H17FN6O2/c18-11-1-2-13-12(7-11)15(16(19)25)22-14-3-5-24-17(23-14)10(9-21-24)8-20-4-6-26-13/h1-3,5,7,9,15,20H,4,6,8H2,(H2,19,25)(H,22,23). The molecule has 8 nitrogen and oxygen atoms in total. The summed E-state index contributed by atoms with van der Waals surface area (Å²) < 4.78 is 21.2. The van der Waals surface area contributed by atoms with Crippen LogP contribution in [-0.4, -0.2) is 33.7 Å². The lowest BCUT2D eigenvalue weighted by atomic mass is 10.0. The summed E-state index contributed by atoms with van der Waals surface area (Å²) in [5, 5.41) is 10.5. The first-order chi connectivity index (χ1) is 12.6. The van der Waals surface area contributed by atoms with Crippen LogP contribution in [0.4, 0.5) is 10.2 Å². The van der Waals surface area contributed by atoms with E-state index in [1.54, 1.807) is 23.0 Å². The van der Waals surface area contributed by atoms with Crippen molar-refractivity contribution in [2.45, 2.75) is 12.6 Å². The zero-order valence-electron chi connectivity index (χ0n) is 13.8. The fourth-order valence-corrected chi connectivity index (χ4v) is 2.90. The van der Waals surface area contributed by atoms with Crippen molar-refractivity contribution in [2.24, 2.45) is 5.73 Å². The maximum absolute atomic E-state index is 13.8. The van der Waals surface area contributed by atoms with Gasteiger partial charge < -0.3 is 21.1 Å². The number of carbonyl (C=O) groups excluding carboxylic acids is 1. The van der Waals surface area contributed by atoms with Crippen molar-refractivity contribution in [3.63, 3.8) is 0 Å². The van der Waals surface area contributed by atoms with Crippen LogP contribution in [0.5, 0.6) is 5.75 Å². The Morgan fingerprint density at radius 3 is 3.12 bits per heavy atom. The molecule has 2 aromatic heterocycles. The van der Waals surface area contributed by atoms with Gasteiger partial charge in [-0.25, -0.2) is 13.9 Å². The molecule has 4 rings (SSSR count). The molecule has 134 valence electrons. The number of halogens is 1. The van der Waals surface area contributed by atoms with E-state index in [0.29, 0.717) is 42.5 Å². The summed E-state index contributed by atoms with van der Waals surface area (Å²) in [6.45, 7) is 1.47. The second kappa shape index (κ2) is 6.60. The molecule has 0 radical (unpaired) electrons. The molecule has 1 aliphatic rings. The van der Waals surface area contributed by atoms with Crippen molar-refractivity contribution in [2.75, 3.05) is 18.5 Å². The molecule has 4 N–H and O–H groups in total. The second-order valence-corrected chi connectivity index (χ2v) is 5.94. The lowest BCUT2D eigenvalue weighted by Crippen LogP contribution is -2.29. The molecular formula is C17H17FN6O2. The average Bonchev–Trinajstić information content (AvgIpc) is 3.02. The third-order valence-electron chi connectivity index (χ3n) is 4.15. The molecule has 0 saturated heterocycles. The van der Waals surface area contributed by atoms with Crippen LogP contribution in [0.25, 0.3) is 5.65 Å². The van der Waals surface area contributed by atoms with Crippen LogP contribution in [0.15, 0.2) is 36.7 Å². The number of nitrogens with one attached hydrogen (secondary N) is 2. The van der Waals surface area contributed by atoms with E-state index in [9.17, 15) is 9.18 Å². The molecule has 0 spiro atoms. The third-order valence-corrected chi connectivity index (χ3v) is 4.15. The molecule has 2 bridgehead atoms. The van der Waals surface area contributed by atoms with Crippen molar-refractivity contribution >= 4 is 17.4 Å². The minimum atomic E-state index is -0.990. The van der Waals surface area contributed by atoms with Crippen LogP contribution in [0.1, 0.15) is 17.2 Å². The number of nitrogens with two attached hydrogens (primary N) is 1. The summed E-state index contributed by atoms with van der Waals surface area (Å²) in [4.78, 5) is 16.6. The maximum Gasteiger partial charge on any atom is 0.244 e. The van der Waals surface area contributed by atoms with Crippen molar-refractivity contribution in [3.8, 4) is 5.75 Å². The predicted octanol–water partition coefficient (Wildman–Crippen LogP) is 0.989. The highest BCUT2D eigenvalue weighted by Gasteiger charge is 2.24. The Morgan fingerprint density at radius 2 is 2.27 bits per heavy atom. The van der Waals surface area contributed by atoms with Gasteiger partial charge in [0.05, 0.1) is 6.20 Å². The molecule has 1 aromatic carbocycles. The predicted molar refractivity (Wildman–Crippen MR) is 92.1 cm³/mol. The monoisotopic (exact) mass is 356 g/mol. The summed E-state index contributed by atoms with van der Waals surface area (Å²) in [6.07, 6.45) is 3.46. The number of anilines is 1. The zero-order valence-corrected chi connectivity index (χ0v) is 13.8. The van der Waals surface area contributed by atoms with Gasteiger partial charge in [-0.3, -0.25) is 4.79 Å². The molecule has 0 saturated carbocycles. The highest BCUT2D eigenvalue weighted by Crippen LogP contribution is 2.29. The number of aromatic nitrogens is 3. The third kappa shape index (κ3) is 3.04. The molecule has 9 heteroatoms. The van der Waals surface area contributed by atoms with Gasteiger partial charge in [0.15, 0.2) is 5.65 Å². The second-order valence-electron chi connectivity index (χ2n) is 5.94. The fraction of sp³-hybridized carbons (Fsp3) is 0.235. The van der Waals surface area contributed by atoms with Gasteiger partial charge >= 0.3 is 0 Å². The van der Waals surface area contributed by atoms with E-state index in [2.05, 4.69) is 20.7 Å². The van der Waals surface area contributed by atoms with Crippen LogP contribution in [-0.2, 0) is 11.3 Å². The number of ether oxygens (including phenoxy) is 1. The largest absolute Gasteiger partial charge is 0.492 e. The average molecular weight is 356 g/mol.